The number of fused-ring (bicyclic) bond motifs is 1. The number of hydrogen-bond acceptors (Lipinski definition) is 6. The number of aromatic hydroxyl groups is 1. The lowest BCUT2D eigenvalue weighted by Crippen LogP contribution is -2.62. The molecule has 0 saturated carbocycles. The first-order chi connectivity index (χ1) is 16.6. The molecule has 0 amide bonds. The molecule has 1 aliphatic rings. The van der Waals surface area contributed by atoms with E-state index in [0.29, 0.717) is 17.3 Å². The molecule has 6 heteroatoms. The van der Waals surface area contributed by atoms with E-state index in [1.165, 1.54) is 0 Å². The minimum absolute atomic E-state index is 0.0549. The molecular formula is C29H33N5O. The van der Waals surface area contributed by atoms with Crippen molar-refractivity contribution in [3.63, 3.8) is 0 Å². The minimum atomic E-state index is 0.0549. The average Bonchev–Trinajstić information content (AvgIpc) is 2.81. The van der Waals surface area contributed by atoms with Gasteiger partial charge in [0.15, 0.2) is 5.82 Å². The summed E-state index contributed by atoms with van der Waals surface area (Å²) < 4.78 is 0. The largest absolute Gasteiger partial charge is 0.507 e. The molecule has 0 atom stereocenters. The molecule has 0 radical (unpaired) electrons. The summed E-state index contributed by atoms with van der Waals surface area (Å²) in [5, 5.41) is 25.4. The standard InChI is InChI=1S/C29H33N5O/c1-28(2)16-22(17-29(3,4)33-28)34(5)27-12-11-24(31-32-27)23-13-21-18-30-25(14-20(21)15-26(23)35)19-9-7-6-8-10-19/h6-15,18,22,33,35H,16-17H2,1-5H3. The summed E-state index contributed by atoms with van der Waals surface area (Å²) in [5.74, 6) is 1.02. The van der Waals surface area contributed by atoms with Gasteiger partial charge in [-0.25, -0.2) is 0 Å². The van der Waals surface area contributed by atoms with Crippen molar-refractivity contribution in [2.75, 3.05) is 11.9 Å². The molecule has 180 valence electrons. The number of piperidine rings is 1. The van der Waals surface area contributed by atoms with Gasteiger partial charge in [0.25, 0.3) is 0 Å². The zero-order valence-electron chi connectivity index (χ0n) is 21.1. The summed E-state index contributed by atoms with van der Waals surface area (Å²) in [6.45, 7) is 9.01. The van der Waals surface area contributed by atoms with Gasteiger partial charge in [0.05, 0.1) is 11.4 Å². The second kappa shape index (κ2) is 8.61. The average molecular weight is 468 g/mol. The van der Waals surface area contributed by atoms with Crippen LogP contribution in [0, 0.1) is 0 Å². The van der Waals surface area contributed by atoms with Crippen LogP contribution in [0.15, 0.2) is 66.9 Å². The Morgan fingerprint density at radius 2 is 1.57 bits per heavy atom. The fourth-order valence-corrected chi connectivity index (χ4v) is 5.54. The zero-order valence-corrected chi connectivity index (χ0v) is 21.1. The number of anilines is 1. The van der Waals surface area contributed by atoms with Crippen LogP contribution >= 0.6 is 0 Å². The van der Waals surface area contributed by atoms with Crippen LogP contribution in [0.4, 0.5) is 5.82 Å². The SMILES string of the molecule is CN(c1ccc(-c2cc3cnc(-c4ccccc4)cc3cc2O)nn1)C1CC(C)(C)NC(C)(C)C1. The Hall–Kier alpha value is -3.51. The number of nitrogens with one attached hydrogen (secondary N) is 1. The Labute approximate surface area is 207 Å². The van der Waals surface area contributed by atoms with Gasteiger partial charge in [-0.2, -0.15) is 0 Å². The molecule has 2 aromatic heterocycles. The summed E-state index contributed by atoms with van der Waals surface area (Å²) in [4.78, 5) is 6.86. The van der Waals surface area contributed by atoms with Crippen LogP contribution in [-0.2, 0) is 0 Å². The monoisotopic (exact) mass is 467 g/mol. The van der Waals surface area contributed by atoms with E-state index in [1.54, 1.807) is 6.07 Å². The first-order valence-electron chi connectivity index (χ1n) is 12.1. The molecule has 3 heterocycles. The first-order valence-corrected chi connectivity index (χ1v) is 12.1. The van der Waals surface area contributed by atoms with Crippen molar-refractivity contribution >= 4 is 16.6 Å². The zero-order chi connectivity index (χ0) is 24.8. The summed E-state index contributed by atoms with van der Waals surface area (Å²) in [5.41, 5.74) is 3.32. The number of nitrogens with zero attached hydrogens (tertiary/aromatic N) is 4. The fraction of sp³-hybridized carbons (Fsp3) is 0.345. The van der Waals surface area contributed by atoms with Crippen molar-refractivity contribution in [3.05, 3.63) is 66.9 Å². The van der Waals surface area contributed by atoms with Crippen LogP contribution in [0.3, 0.4) is 0 Å². The number of benzene rings is 2. The first kappa shape index (κ1) is 23.2. The van der Waals surface area contributed by atoms with Gasteiger partial charge in [-0.3, -0.25) is 4.98 Å². The van der Waals surface area contributed by atoms with E-state index in [2.05, 4.69) is 60.1 Å². The van der Waals surface area contributed by atoms with E-state index >= 15 is 0 Å². The molecule has 2 N–H and O–H groups in total. The third-order valence-electron chi connectivity index (χ3n) is 6.91. The summed E-state index contributed by atoms with van der Waals surface area (Å²) >= 11 is 0. The number of phenolic OH excluding ortho intramolecular Hbond substituents is 1. The van der Waals surface area contributed by atoms with Crippen LogP contribution in [0.1, 0.15) is 40.5 Å². The van der Waals surface area contributed by atoms with Crippen molar-refractivity contribution in [2.45, 2.75) is 57.7 Å². The highest BCUT2D eigenvalue weighted by Gasteiger charge is 2.39. The highest BCUT2D eigenvalue weighted by molar-refractivity contribution is 5.91. The fourth-order valence-electron chi connectivity index (χ4n) is 5.54. The Bertz CT molecular complexity index is 1330. The van der Waals surface area contributed by atoms with E-state index in [4.69, 9.17) is 0 Å². The number of rotatable bonds is 4. The van der Waals surface area contributed by atoms with E-state index in [0.717, 1.165) is 40.7 Å². The molecule has 0 aliphatic carbocycles. The summed E-state index contributed by atoms with van der Waals surface area (Å²) in [6, 6.07) is 20.0. The maximum absolute atomic E-state index is 10.8. The van der Waals surface area contributed by atoms with E-state index < -0.39 is 0 Å². The van der Waals surface area contributed by atoms with Crippen LogP contribution in [0.25, 0.3) is 33.3 Å². The maximum Gasteiger partial charge on any atom is 0.151 e. The van der Waals surface area contributed by atoms with E-state index in [9.17, 15) is 5.11 Å². The summed E-state index contributed by atoms with van der Waals surface area (Å²) in [7, 11) is 2.09. The van der Waals surface area contributed by atoms with Crippen LogP contribution in [-0.4, -0.2) is 44.5 Å². The number of pyridine rings is 1. The smallest absolute Gasteiger partial charge is 0.151 e. The third-order valence-corrected chi connectivity index (χ3v) is 6.91. The van der Waals surface area contributed by atoms with E-state index in [-0.39, 0.29) is 16.8 Å². The second-order valence-corrected chi connectivity index (χ2v) is 11.0. The highest BCUT2D eigenvalue weighted by atomic mass is 16.3. The second-order valence-electron chi connectivity index (χ2n) is 11.0. The molecule has 1 fully saturated rings. The van der Waals surface area contributed by atoms with Gasteiger partial charge in [-0.05, 0) is 76.3 Å². The lowest BCUT2D eigenvalue weighted by atomic mass is 9.79. The summed E-state index contributed by atoms with van der Waals surface area (Å²) in [6.07, 6.45) is 3.90. The predicted octanol–water partition coefficient (Wildman–Crippen LogP) is 5.81. The molecule has 0 bridgehead atoms. The molecule has 0 unspecified atom stereocenters. The van der Waals surface area contributed by atoms with Crippen molar-refractivity contribution in [1.82, 2.24) is 20.5 Å². The number of aromatic nitrogens is 3. The molecular weight excluding hydrogens is 434 g/mol. The quantitative estimate of drug-likeness (QED) is 0.395. The maximum atomic E-state index is 10.8. The predicted molar refractivity (Wildman–Crippen MR) is 143 cm³/mol. The Morgan fingerprint density at radius 1 is 0.857 bits per heavy atom. The van der Waals surface area contributed by atoms with Crippen molar-refractivity contribution in [2.24, 2.45) is 0 Å². The van der Waals surface area contributed by atoms with Crippen LogP contribution in [0.2, 0.25) is 0 Å². The highest BCUT2D eigenvalue weighted by Crippen LogP contribution is 2.35. The lowest BCUT2D eigenvalue weighted by Gasteiger charge is -2.49. The Balaban J connectivity index is 1.41. The molecule has 4 aromatic rings. The van der Waals surface area contributed by atoms with Crippen molar-refractivity contribution < 1.29 is 5.11 Å². The molecule has 1 aliphatic heterocycles. The molecule has 1 saturated heterocycles. The molecule has 6 nitrogen and oxygen atoms in total. The van der Waals surface area contributed by atoms with Gasteiger partial charge < -0.3 is 15.3 Å². The number of phenols is 1. The van der Waals surface area contributed by atoms with Crippen LogP contribution < -0.4 is 10.2 Å². The van der Waals surface area contributed by atoms with Crippen molar-refractivity contribution in [3.8, 4) is 28.3 Å². The van der Waals surface area contributed by atoms with Gasteiger partial charge in [-0.1, -0.05) is 30.3 Å². The Kier molecular flexibility index (Phi) is 5.72. The minimum Gasteiger partial charge on any atom is -0.507 e. The molecule has 0 spiro atoms. The van der Waals surface area contributed by atoms with Gasteiger partial charge in [0.1, 0.15) is 5.75 Å². The topological polar surface area (TPSA) is 74.2 Å². The van der Waals surface area contributed by atoms with Crippen LogP contribution in [0.5, 0.6) is 5.75 Å². The molecule has 2 aromatic carbocycles. The van der Waals surface area contributed by atoms with Gasteiger partial charge in [0, 0.05) is 46.9 Å². The van der Waals surface area contributed by atoms with Crippen molar-refractivity contribution in [1.29, 1.82) is 0 Å². The lowest BCUT2D eigenvalue weighted by molar-refractivity contribution is 0.160. The number of hydrogen-bond donors (Lipinski definition) is 2. The third kappa shape index (κ3) is 4.84. The van der Waals surface area contributed by atoms with Gasteiger partial charge in [0.2, 0.25) is 0 Å². The normalized spacial score (nSPS) is 17.4. The van der Waals surface area contributed by atoms with Gasteiger partial charge in [-0.15, -0.1) is 10.2 Å². The molecule has 5 rings (SSSR count). The van der Waals surface area contributed by atoms with Gasteiger partial charge >= 0.3 is 0 Å². The molecule has 35 heavy (non-hydrogen) atoms. The Morgan fingerprint density at radius 3 is 2.23 bits per heavy atom. The van der Waals surface area contributed by atoms with E-state index in [1.807, 2.05) is 60.8 Å².